The lowest BCUT2D eigenvalue weighted by Gasteiger charge is -2.37. The third-order valence-electron chi connectivity index (χ3n) is 4.88. The standard InChI is InChI=1S/C21H20N2O3S/c1-22(14-17-8-5-11-27-17)20(24)18-12-15-6-2-3-7-16(15)13-23(18)21(25)19-9-4-10-26-19/h2-11,18H,12-14H2,1H3. The van der Waals surface area contributed by atoms with Gasteiger partial charge in [0.1, 0.15) is 6.04 Å². The van der Waals surface area contributed by atoms with Gasteiger partial charge in [0.05, 0.1) is 12.8 Å². The molecule has 27 heavy (non-hydrogen) atoms. The lowest BCUT2D eigenvalue weighted by atomic mass is 9.93. The van der Waals surface area contributed by atoms with E-state index in [1.165, 1.54) is 6.26 Å². The number of carbonyl (C=O) groups is 2. The molecule has 1 aliphatic rings. The number of amides is 2. The van der Waals surface area contributed by atoms with Gasteiger partial charge in [-0.1, -0.05) is 30.3 Å². The van der Waals surface area contributed by atoms with Crippen LogP contribution in [0.5, 0.6) is 0 Å². The molecule has 0 saturated carbocycles. The number of benzene rings is 1. The molecule has 5 nitrogen and oxygen atoms in total. The predicted molar refractivity (Wildman–Crippen MR) is 103 cm³/mol. The number of nitrogens with zero attached hydrogens (tertiary/aromatic N) is 2. The number of hydrogen-bond acceptors (Lipinski definition) is 4. The molecule has 0 spiro atoms. The van der Waals surface area contributed by atoms with Gasteiger partial charge in [0, 0.05) is 24.9 Å². The van der Waals surface area contributed by atoms with Crippen molar-refractivity contribution < 1.29 is 14.0 Å². The molecular formula is C21H20N2O3S. The molecule has 1 aromatic carbocycles. The largest absolute Gasteiger partial charge is 0.459 e. The molecule has 0 bridgehead atoms. The average molecular weight is 380 g/mol. The van der Waals surface area contributed by atoms with Crippen molar-refractivity contribution in [2.75, 3.05) is 7.05 Å². The van der Waals surface area contributed by atoms with Crippen LogP contribution in [0.15, 0.2) is 64.6 Å². The maximum atomic E-state index is 13.2. The Morgan fingerprint density at radius 3 is 2.67 bits per heavy atom. The van der Waals surface area contributed by atoms with Crippen molar-refractivity contribution in [2.24, 2.45) is 0 Å². The van der Waals surface area contributed by atoms with Crippen LogP contribution in [-0.4, -0.2) is 34.7 Å². The third kappa shape index (κ3) is 3.53. The van der Waals surface area contributed by atoms with Crippen LogP contribution in [0.3, 0.4) is 0 Å². The van der Waals surface area contributed by atoms with E-state index in [0.29, 0.717) is 19.5 Å². The van der Waals surface area contributed by atoms with Gasteiger partial charge in [0.15, 0.2) is 5.76 Å². The van der Waals surface area contributed by atoms with Gasteiger partial charge < -0.3 is 14.2 Å². The van der Waals surface area contributed by atoms with E-state index in [4.69, 9.17) is 4.42 Å². The van der Waals surface area contributed by atoms with Crippen LogP contribution in [0.25, 0.3) is 0 Å². The van der Waals surface area contributed by atoms with Crippen molar-refractivity contribution in [1.82, 2.24) is 9.80 Å². The van der Waals surface area contributed by atoms with Gasteiger partial charge in [-0.3, -0.25) is 9.59 Å². The third-order valence-corrected chi connectivity index (χ3v) is 5.74. The van der Waals surface area contributed by atoms with E-state index in [1.807, 2.05) is 41.8 Å². The number of thiophene rings is 1. The fourth-order valence-electron chi connectivity index (χ4n) is 3.47. The molecule has 3 aromatic rings. The summed E-state index contributed by atoms with van der Waals surface area (Å²) in [5.74, 6) is -0.0525. The summed E-state index contributed by atoms with van der Waals surface area (Å²) in [5.41, 5.74) is 2.19. The number of rotatable bonds is 4. The lowest BCUT2D eigenvalue weighted by molar-refractivity contribution is -0.135. The molecule has 138 valence electrons. The van der Waals surface area contributed by atoms with E-state index < -0.39 is 6.04 Å². The molecule has 0 radical (unpaired) electrons. The van der Waals surface area contributed by atoms with Crippen LogP contribution in [-0.2, 0) is 24.3 Å². The first-order chi connectivity index (χ1) is 13.1. The van der Waals surface area contributed by atoms with E-state index in [0.717, 1.165) is 16.0 Å². The highest BCUT2D eigenvalue weighted by molar-refractivity contribution is 7.09. The Kier molecular flexibility index (Phi) is 4.81. The second-order valence-electron chi connectivity index (χ2n) is 6.67. The minimum atomic E-state index is -0.539. The van der Waals surface area contributed by atoms with Crippen LogP contribution < -0.4 is 0 Å². The van der Waals surface area contributed by atoms with Crippen LogP contribution in [0.1, 0.15) is 26.6 Å². The minimum Gasteiger partial charge on any atom is -0.459 e. The minimum absolute atomic E-state index is 0.0576. The van der Waals surface area contributed by atoms with Crippen molar-refractivity contribution in [2.45, 2.75) is 25.6 Å². The van der Waals surface area contributed by atoms with Gasteiger partial charge in [0.2, 0.25) is 5.91 Å². The summed E-state index contributed by atoms with van der Waals surface area (Å²) in [6.07, 6.45) is 1.99. The van der Waals surface area contributed by atoms with Crippen molar-refractivity contribution in [3.8, 4) is 0 Å². The topological polar surface area (TPSA) is 53.8 Å². The Morgan fingerprint density at radius 2 is 1.96 bits per heavy atom. The molecule has 0 fully saturated rings. The van der Waals surface area contributed by atoms with E-state index in [2.05, 4.69) is 0 Å². The summed E-state index contributed by atoms with van der Waals surface area (Å²) < 4.78 is 5.30. The number of fused-ring (bicyclic) bond motifs is 1. The summed E-state index contributed by atoms with van der Waals surface area (Å²) >= 11 is 1.62. The molecule has 4 rings (SSSR count). The first-order valence-corrected chi connectivity index (χ1v) is 9.70. The molecule has 1 atom stereocenters. The molecule has 1 unspecified atom stereocenters. The zero-order valence-corrected chi connectivity index (χ0v) is 15.8. The number of furan rings is 1. The highest BCUT2D eigenvalue weighted by atomic mass is 32.1. The molecule has 0 saturated heterocycles. The van der Waals surface area contributed by atoms with Gasteiger partial charge in [0.25, 0.3) is 5.91 Å². The molecule has 3 heterocycles. The average Bonchev–Trinajstić information content (AvgIpc) is 3.40. The van der Waals surface area contributed by atoms with Crippen molar-refractivity contribution in [3.05, 3.63) is 81.9 Å². The molecule has 0 aliphatic carbocycles. The monoisotopic (exact) mass is 380 g/mol. The fourth-order valence-corrected chi connectivity index (χ4v) is 4.22. The SMILES string of the molecule is CN(Cc1cccs1)C(=O)C1Cc2ccccc2CN1C(=O)c1ccco1. The molecule has 2 amide bonds. The Balaban J connectivity index is 1.62. The van der Waals surface area contributed by atoms with Gasteiger partial charge >= 0.3 is 0 Å². The zero-order valence-electron chi connectivity index (χ0n) is 15.0. The second kappa shape index (κ2) is 7.40. The number of carbonyl (C=O) groups excluding carboxylic acids is 2. The van der Waals surface area contributed by atoms with Crippen molar-refractivity contribution >= 4 is 23.2 Å². The van der Waals surface area contributed by atoms with E-state index in [-0.39, 0.29) is 17.6 Å². The molecular weight excluding hydrogens is 360 g/mol. The second-order valence-corrected chi connectivity index (χ2v) is 7.70. The molecule has 1 aliphatic heterocycles. The summed E-state index contributed by atoms with van der Waals surface area (Å²) in [6, 6.07) is 14.7. The smallest absolute Gasteiger partial charge is 0.290 e. The van der Waals surface area contributed by atoms with Gasteiger partial charge in [-0.2, -0.15) is 0 Å². The highest BCUT2D eigenvalue weighted by Gasteiger charge is 2.37. The zero-order chi connectivity index (χ0) is 18.8. The molecule has 6 heteroatoms. The van der Waals surface area contributed by atoms with Crippen LogP contribution in [0, 0.1) is 0 Å². The molecule has 2 aromatic heterocycles. The summed E-state index contributed by atoms with van der Waals surface area (Å²) in [4.78, 5) is 30.7. The van der Waals surface area contributed by atoms with Crippen LogP contribution in [0.2, 0.25) is 0 Å². The Bertz CT molecular complexity index is 934. The number of likely N-dealkylation sites (N-methyl/N-ethyl adjacent to an activating group) is 1. The van der Waals surface area contributed by atoms with Crippen molar-refractivity contribution in [1.29, 1.82) is 0 Å². The summed E-state index contributed by atoms with van der Waals surface area (Å²) in [7, 11) is 1.79. The normalized spacial score (nSPS) is 16.0. The summed E-state index contributed by atoms with van der Waals surface area (Å²) in [5, 5.41) is 2.00. The Labute approximate surface area is 161 Å². The van der Waals surface area contributed by atoms with Gasteiger partial charge in [-0.05, 0) is 34.7 Å². The lowest BCUT2D eigenvalue weighted by Crippen LogP contribution is -2.52. The van der Waals surface area contributed by atoms with E-state index >= 15 is 0 Å². The number of hydrogen-bond donors (Lipinski definition) is 0. The first kappa shape index (κ1) is 17.5. The molecule has 0 N–H and O–H groups in total. The first-order valence-electron chi connectivity index (χ1n) is 8.82. The Morgan fingerprint density at radius 1 is 1.15 bits per heavy atom. The van der Waals surface area contributed by atoms with Crippen LogP contribution in [0.4, 0.5) is 0 Å². The van der Waals surface area contributed by atoms with E-state index in [1.54, 1.807) is 40.3 Å². The van der Waals surface area contributed by atoms with Crippen LogP contribution >= 0.6 is 11.3 Å². The highest BCUT2D eigenvalue weighted by Crippen LogP contribution is 2.26. The quantitative estimate of drug-likeness (QED) is 0.695. The summed E-state index contributed by atoms with van der Waals surface area (Å²) in [6.45, 7) is 0.941. The predicted octanol–water partition coefficient (Wildman–Crippen LogP) is 3.57. The fraction of sp³-hybridized carbons (Fsp3) is 0.238. The van der Waals surface area contributed by atoms with Crippen molar-refractivity contribution in [3.63, 3.8) is 0 Å². The van der Waals surface area contributed by atoms with E-state index in [9.17, 15) is 9.59 Å². The van der Waals surface area contributed by atoms with Gasteiger partial charge in [-0.15, -0.1) is 11.3 Å². The van der Waals surface area contributed by atoms with Gasteiger partial charge in [-0.25, -0.2) is 0 Å². The maximum Gasteiger partial charge on any atom is 0.290 e. The maximum absolute atomic E-state index is 13.2. The Hall–Kier alpha value is -2.86.